The molecule has 2 aromatic carbocycles. The average molecular weight is 396 g/mol. The normalized spacial score (nSPS) is 15.7. The van der Waals surface area contributed by atoms with Crippen LogP contribution in [0.5, 0.6) is 11.5 Å². The molecule has 0 atom stereocenters. The first-order valence-corrected chi connectivity index (χ1v) is 11.3. The molecule has 1 saturated carbocycles. The molecule has 0 radical (unpaired) electrons. The molecular weight excluding hydrogens is 358 g/mol. The van der Waals surface area contributed by atoms with Crippen molar-refractivity contribution in [2.75, 3.05) is 26.3 Å². The van der Waals surface area contributed by atoms with Gasteiger partial charge in [0.25, 0.3) is 0 Å². The lowest BCUT2D eigenvalue weighted by atomic mass is 9.95. The topological polar surface area (TPSA) is 21.7 Å². The molecule has 0 unspecified atom stereocenters. The van der Waals surface area contributed by atoms with Crippen LogP contribution in [0.4, 0.5) is 0 Å². The molecule has 3 rings (SSSR count). The predicted octanol–water partition coefficient (Wildman–Crippen LogP) is 6.18. The third-order valence-electron chi connectivity index (χ3n) is 6.05. The van der Waals surface area contributed by atoms with Gasteiger partial charge in [-0.3, -0.25) is 4.90 Å². The Bertz CT molecular complexity index is 671. The number of aryl methyl sites for hydroxylation is 2. The van der Waals surface area contributed by atoms with Gasteiger partial charge >= 0.3 is 0 Å². The zero-order valence-electron chi connectivity index (χ0n) is 18.2. The summed E-state index contributed by atoms with van der Waals surface area (Å²) in [7, 11) is 0. The van der Waals surface area contributed by atoms with Gasteiger partial charge in [-0.25, -0.2) is 0 Å². The van der Waals surface area contributed by atoms with Crippen molar-refractivity contribution in [3.8, 4) is 11.5 Å². The highest BCUT2D eigenvalue weighted by Crippen LogP contribution is 2.22. The minimum absolute atomic E-state index is 0.649. The van der Waals surface area contributed by atoms with Crippen molar-refractivity contribution in [3.05, 3.63) is 59.7 Å². The summed E-state index contributed by atoms with van der Waals surface area (Å²) in [4.78, 5) is 2.61. The molecule has 0 heterocycles. The molecule has 1 fully saturated rings. The summed E-state index contributed by atoms with van der Waals surface area (Å²) in [6.45, 7) is 7.58. The van der Waals surface area contributed by atoms with Crippen LogP contribution in [0.25, 0.3) is 0 Å². The average Bonchev–Trinajstić information content (AvgIpc) is 2.70. The second kappa shape index (κ2) is 11.9. The molecule has 2 aromatic rings. The first kappa shape index (κ1) is 21.7. The van der Waals surface area contributed by atoms with E-state index in [4.69, 9.17) is 9.47 Å². The molecule has 0 bridgehead atoms. The third kappa shape index (κ3) is 7.08. The number of hydrogen-bond acceptors (Lipinski definition) is 3. The van der Waals surface area contributed by atoms with Gasteiger partial charge in [-0.1, -0.05) is 68.5 Å². The van der Waals surface area contributed by atoms with E-state index in [9.17, 15) is 0 Å². The van der Waals surface area contributed by atoms with Crippen molar-refractivity contribution in [1.29, 1.82) is 0 Å². The molecule has 1 aliphatic rings. The lowest BCUT2D eigenvalue weighted by Gasteiger charge is -2.33. The summed E-state index contributed by atoms with van der Waals surface area (Å²) in [5.41, 5.74) is 2.40. The molecule has 0 saturated heterocycles. The summed E-state index contributed by atoms with van der Waals surface area (Å²) in [6.07, 6.45) is 9.45. The molecule has 3 nitrogen and oxygen atoms in total. The number of nitrogens with zero attached hydrogens (tertiary/aromatic N) is 1. The van der Waals surface area contributed by atoms with Crippen molar-refractivity contribution in [1.82, 2.24) is 4.90 Å². The Morgan fingerprint density at radius 2 is 1.14 bits per heavy atom. The van der Waals surface area contributed by atoms with Crippen LogP contribution in [0.1, 0.15) is 56.1 Å². The van der Waals surface area contributed by atoms with Crippen molar-refractivity contribution in [2.24, 2.45) is 0 Å². The van der Waals surface area contributed by atoms with Crippen LogP contribution < -0.4 is 9.47 Å². The van der Waals surface area contributed by atoms with Crippen LogP contribution in [0.2, 0.25) is 0 Å². The van der Waals surface area contributed by atoms with Gasteiger partial charge in [0.1, 0.15) is 24.7 Å². The van der Waals surface area contributed by atoms with Crippen molar-refractivity contribution < 1.29 is 9.47 Å². The maximum atomic E-state index is 6.12. The molecule has 0 spiro atoms. The van der Waals surface area contributed by atoms with Crippen LogP contribution in [0.15, 0.2) is 48.5 Å². The number of ether oxygens (including phenoxy) is 2. The Morgan fingerprint density at radius 3 is 1.62 bits per heavy atom. The molecule has 0 aromatic heterocycles. The quantitative estimate of drug-likeness (QED) is 0.506. The molecule has 29 heavy (non-hydrogen) atoms. The highest BCUT2D eigenvalue weighted by atomic mass is 16.5. The van der Waals surface area contributed by atoms with Gasteiger partial charge in [-0.05, 0) is 49.9 Å². The van der Waals surface area contributed by atoms with Gasteiger partial charge < -0.3 is 9.47 Å². The molecule has 1 aliphatic carbocycles. The fraction of sp³-hybridized carbons (Fsp3) is 0.538. The first-order valence-electron chi connectivity index (χ1n) is 11.3. The molecule has 3 heteroatoms. The second-order valence-corrected chi connectivity index (χ2v) is 8.26. The van der Waals surface area contributed by atoms with E-state index in [1.807, 2.05) is 12.1 Å². The number of rotatable bonds is 9. The summed E-state index contributed by atoms with van der Waals surface area (Å²) in [6, 6.07) is 17.2. The van der Waals surface area contributed by atoms with Crippen LogP contribution >= 0.6 is 0 Å². The highest BCUT2D eigenvalue weighted by molar-refractivity contribution is 5.32. The van der Waals surface area contributed by atoms with Gasteiger partial charge in [-0.2, -0.15) is 0 Å². The minimum atomic E-state index is 0.649. The molecular formula is C26H37NO2. The number of benzene rings is 2. The van der Waals surface area contributed by atoms with Crippen LogP contribution in [-0.4, -0.2) is 37.2 Å². The molecule has 0 amide bonds. The van der Waals surface area contributed by atoms with Gasteiger partial charge in [0, 0.05) is 19.1 Å². The Balaban J connectivity index is 1.56. The maximum absolute atomic E-state index is 6.12. The van der Waals surface area contributed by atoms with E-state index in [2.05, 4.69) is 55.1 Å². The summed E-state index contributed by atoms with van der Waals surface area (Å²) >= 11 is 0. The van der Waals surface area contributed by atoms with E-state index < -0.39 is 0 Å². The fourth-order valence-electron chi connectivity index (χ4n) is 4.26. The van der Waals surface area contributed by atoms with Crippen molar-refractivity contribution in [2.45, 2.75) is 64.8 Å². The van der Waals surface area contributed by atoms with Gasteiger partial charge in [0.2, 0.25) is 0 Å². The third-order valence-corrected chi connectivity index (χ3v) is 6.05. The van der Waals surface area contributed by atoms with Crippen LogP contribution in [0, 0.1) is 13.8 Å². The van der Waals surface area contributed by atoms with E-state index in [0.29, 0.717) is 6.04 Å². The Morgan fingerprint density at radius 1 is 0.690 bits per heavy atom. The summed E-state index contributed by atoms with van der Waals surface area (Å²) in [5, 5.41) is 0. The number of para-hydroxylation sites is 2. The number of hydrogen-bond donors (Lipinski definition) is 0. The molecule has 0 N–H and O–H groups in total. The largest absolute Gasteiger partial charge is 0.492 e. The zero-order valence-corrected chi connectivity index (χ0v) is 18.2. The summed E-state index contributed by atoms with van der Waals surface area (Å²) in [5.74, 6) is 2.00. The molecule has 0 aliphatic heterocycles. The fourth-order valence-corrected chi connectivity index (χ4v) is 4.26. The maximum Gasteiger partial charge on any atom is 0.122 e. The second-order valence-electron chi connectivity index (χ2n) is 8.26. The van der Waals surface area contributed by atoms with E-state index in [-0.39, 0.29) is 0 Å². The Labute approximate surface area is 177 Å². The standard InChI is InChI=1S/C26H37NO2/c1-22-12-8-10-16-25(22)28-20-18-27(24-14-6-4-3-5-7-15-24)19-21-29-26-17-11-9-13-23(26)2/h8-13,16-17,24H,3-7,14-15,18-21H2,1-2H3. The van der Waals surface area contributed by atoms with E-state index >= 15 is 0 Å². The SMILES string of the molecule is Cc1ccccc1OCCN(CCOc1ccccc1C)C1CCCCCCC1. The summed E-state index contributed by atoms with van der Waals surface area (Å²) < 4.78 is 12.2. The zero-order chi connectivity index (χ0) is 20.3. The van der Waals surface area contributed by atoms with Gasteiger partial charge in [0.05, 0.1) is 0 Å². The monoisotopic (exact) mass is 395 g/mol. The lowest BCUT2D eigenvalue weighted by molar-refractivity contribution is 0.116. The first-order chi connectivity index (χ1) is 14.2. The smallest absolute Gasteiger partial charge is 0.122 e. The van der Waals surface area contributed by atoms with Crippen LogP contribution in [0.3, 0.4) is 0 Å². The Hall–Kier alpha value is -2.00. The highest BCUT2D eigenvalue weighted by Gasteiger charge is 2.19. The van der Waals surface area contributed by atoms with Crippen LogP contribution in [-0.2, 0) is 0 Å². The van der Waals surface area contributed by atoms with E-state index in [1.165, 1.54) is 56.1 Å². The van der Waals surface area contributed by atoms with E-state index in [1.54, 1.807) is 0 Å². The molecule has 158 valence electrons. The Kier molecular flexibility index (Phi) is 8.88. The van der Waals surface area contributed by atoms with E-state index in [0.717, 1.165) is 37.8 Å². The lowest BCUT2D eigenvalue weighted by Crippen LogP contribution is -2.41. The minimum Gasteiger partial charge on any atom is -0.492 e. The van der Waals surface area contributed by atoms with Gasteiger partial charge in [0.15, 0.2) is 0 Å². The van der Waals surface area contributed by atoms with Gasteiger partial charge in [-0.15, -0.1) is 0 Å². The van der Waals surface area contributed by atoms with Crippen molar-refractivity contribution >= 4 is 0 Å². The van der Waals surface area contributed by atoms with Crippen molar-refractivity contribution in [3.63, 3.8) is 0 Å². The predicted molar refractivity (Wildman–Crippen MR) is 121 cm³/mol.